The number of benzene rings is 4. The van der Waals surface area contributed by atoms with Gasteiger partial charge in [-0.1, -0.05) is 97.1 Å². The summed E-state index contributed by atoms with van der Waals surface area (Å²) >= 11 is 0. The van der Waals surface area contributed by atoms with Crippen molar-refractivity contribution in [1.82, 2.24) is 34.1 Å². The second-order valence-electron chi connectivity index (χ2n) is 10.6. The third-order valence-corrected chi connectivity index (χ3v) is 8.06. The average Bonchev–Trinajstić information content (AvgIpc) is 3.62. The Hall–Kier alpha value is -6.21. The predicted molar refractivity (Wildman–Crippen MR) is 175 cm³/mol. The fourth-order valence-corrected chi connectivity index (χ4v) is 6.15. The highest BCUT2D eigenvalue weighted by atomic mass is 15.2. The van der Waals surface area contributed by atoms with Crippen LogP contribution in [0.25, 0.3) is 78.3 Å². The molecule has 0 bridgehead atoms. The highest BCUT2D eigenvalue weighted by Crippen LogP contribution is 2.39. The monoisotopic (exact) mass is 565 g/mol. The van der Waals surface area contributed by atoms with Crippen molar-refractivity contribution < 1.29 is 0 Å². The van der Waals surface area contributed by atoms with Gasteiger partial charge in [0.05, 0.1) is 22.1 Å². The Labute approximate surface area is 251 Å². The van der Waals surface area contributed by atoms with Gasteiger partial charge in [0.1, 0.15) is 11.0 Å². The van der Waals surface area contributed by atoms with Crippen molar-refractivity contribution in [2.75, 3.05) is 0 Å². The summed E-state index contributed by atoms with van der Waals surface area (Å²) in [5, 5.41) is 2.08. The maximum absolute atomic E-state index is 5.13. The molecule has 5 heterocycles. The molecule has 4 aromatic carbocycles. The molecule has 0 aliphatic rings. The summed E-state index contributed by atoms with van der Waals surface area (Å²) in [5.74, 6) is 1.75. The van der Waals surface area contributed by atoms with E-state index in [4.69, 9.17) is 24.9 Å². The van der Waals surface area contributed by atoms with Gasteiger partial charge in [-0.25, -0.2) is 4.98 Å². The van der Waals surface area contributed by atoms with Crippen LogP contribution >= 0.6 is 0 Å². The minimum atomic E-state index is 0.536. The number of aromatic nitrogens is 7. The zero-order chi connectivity index (χ0) is 29.0. The number of rotatable bonds is 4. The van der Waals surface area contributed by atoms with Gasteiger partial charge in [-0.05, 0) is 30.3 Å². The molecule has 7 nitrogen and oxygen atoms in total. The molecule has 0 radical (unpaired) electrons. The molecule has 7 heteroatoms. The van der Waals surface area contributed by atoms with Gasteiger partial charge in [-0.15, -0.1) is 0 Å². The topological polar surface area (TPSA) is 74.3 Å². The maximum Gasteiger partial charge on any atom is 0.238 e. The van der Waals surface area contributed by atoms with Crippen LogP contribution in [0.15, 0.2) is 140 Å². The van der Waals surface area contributed by atoms with E-state index in [0.717, 1.165) is 60.7 Å². The number of fused-ring (bicyclic) bond motifs is 7. The lowest BCUT2D eigenvalue weighted by atomic mass is 10.2. The Kier molecular flexibility index (Phi) is 5.36. The maximum atomic E-state index is 5.13. The molecule has 0 spiro atoms. The number of pyridine rings is 2. The first kappa shape index (κ1) is 24.4. The first-order valence-electron chi connectivity index (χ1n) is 14.5. The summed E-state index contributed by atoms with van der Waals surface area (Å²) in [7, 11) is 0. The number of para-hydroxylation sites is 2. The first-order valence-corrected chi connectivity index (χ1v) is 14.5. The van der Waals surface area contributed by atoms with E-state index in [-0.39, 0.29) is 0 Å². The summed E-state index contributed by atoms with van der Waals surface area (Å²) in [5.41, 5.74) is 8.40. The van der Waals surface area contributed by atoms with Crippen molar-refractivity contribution in [3.05, 3.63) is 140 Å². The van der Waals surface area contributed by atoms with E-state index in [9.17, 15) is 0 Å². The van der Waals surface area contributed by atoms with E-state index in [1.165, 1.54) is 0 Å². The van der Waals surface area contributed by atoms with Gasteiger partial charge < -0.3 is 4.57 Å². The average molecular weight is 566 g/mol. The molecule has 5 aromatic heterocycles. The van der Waals surface area contributed by atoms with E-state index < -0.39 is 0 Å². The van der Waals surface area contributed by atoms with Crippen molar-refractivity contribution in [1.29, 1.82) is 0 Å². The zero-order valence-electron chi connectivity index (χ0n) is 23.4. The van der Waals surface area contributed by atoms with Gasteiger partial charge in [0.15, 0.2) is 11.6 Å². The van der Waals surface area contributed by atoms with Crippen LogP contribution in [0.3, 0.4) is 0 Å². The third kappa shape index (κ3) is 3.66. The van der Waals surface area contributed by atoms with Crippen LogP contribution < -0.4 is 0 Å². The van der Waals surface area contributed by atoms with Gasteiger partial charge in [-0.3, -0.25) is 14.5 Å². The Balaban J connectivity index is 1.48. The summed E-state index contributed by atoms with van der Waals surface area (Å²) in [6.45, 7) is 0. The number of hydrogen-bond donors (Lipinski definition) is 0. The van der Waals surface area contributed by atoms with Crippen molar-refractivity contribution in [3.8, 4) is 34.4 Å². The lowest BCUT2D eigenvalue weighted by Crippen LogP contribution is -2.07. The van der Waals surface area contributed by atoms with Gasteiger partial charge in [-0.2, -0.15) is 9.97 Å². The highest BCUT2D eigenvalue weighted by Gasteiger charge is 2.24. The van der Waals surface area contributed by atoms with E-state index >= 15 is 0 Å². The Morgan fingerprint density at radius 1 is 0.432 bits per heavy atom. The zero-order valence-corrected chi connectivity index (χ0v) is 23.4. The Bertz CT molecular complexity index is 2420. The van der Waals surface area contributed by atoms with Crippen LogP contribution in [0.1, 0.15) is 0 Å². The van der Waals surface area contributed by atoms with Crippen LogP contribution in [-0.2, 0) is 0 Å². The summed E-state index contributed by atoms with van der Waals surface area (Å²) in [6, 6.07) is 42.9. The van der Waals surface area contributed by atoms with Crippen molar-refractivity contribution >= 4 is 43.9 Å². The van der Waals surface area contributed by atoms with Gasteiger partial charge in [0.2, 0.25) is 5.95 Å². The minimum Gasteiger partial charge on any atom is -0.304 e. The number of nitrogens with zero attached hydrogens (tertiary/aromatic N) is 7. The molecule has 0 N–H and O–H groups in total. The summed E-state index contributed by atoms with van der Waals surface area (Å²) < 4.78 is 4.41. The van der Waals surface area contributed by atoms with Gasteiger partial charge in [0, 0.05) is 40.0 Å². The molecule has 0 unspecified atom stereocenters. The van der Waals surface area contributed by atoms with Gasteiger partial charge >= 0.3 is 0 Å². The summed E-state index contributed by atoms with van der Waals surface area (Å²) in [6.07, 6.45) is 3.78. The quantitative estimate of drug-likeness (QED) is 0.215. The molecule has 44 heavy (non-hydrogen) atoms. The largest absolute Gasteiger partial charge is 0.304 e. The van der Waals surface area contributed by atoms with Crippen molar-refractivity contribution in [2.24, 2.45) is 0 Å². The van der Waals surface area contributed by atoms with E-state index in [1.807, 2.05) is 91.3 Å². The SMILES string of the molecule is c1ccc(-c2nc(-c3ccccc3)nc(-n3c4ccccc4c4cnc5c6ncccc6n(-c6ccccc6)c5c43)n2)cc1. The molecule has 0 fully saturated rings. The normalized spacial score (nSPS) is 11.6. The molecular weight excluding hydrogens is 542 g/mol. The lowest BCUT2D eigenvalue weighted by Gasteiger charge is -2.13. The Morgan fingerprint density at radius 2 is 1.05 bits per heavy atom. The first-order chi connectivity index (χ1) is 21.8. The van der Waals surface area contributed by atoms with Crippen molar-refractivity contribution in [2.45, 2.75) is 0 Å². The standard InChI is InChI=1S/C37H23N7/c1-4-13-24(14-5-1)35-40-36(25-15-6-2-7-16-25)42-37(41-35)44-29-20-11-10-19-27(29)28-23-39-32-31-30(21-12-22-38-31)43(34(32)33(28)44)26-17-8-3-9-18-26/h1-23H. The highest BCUT2D eigenvalue weighted by molar-refractivity contribution is 6.21. The molecule has 0 amide bonds. The predicted octanol–water partition coefficient (Wildman–Crippen LogP) is 8.19. The van der Waals surface area contributed by atoms with Crippen LogP contribution in [0.4, 0.5) is 0 Å². The van der Waals surface area contributed by atoms with Gasteiger partial charge in [0.25, 0.3) is 0 Å². The van der Waals surface area contributed by atoms with E-state index in [1.54, 1.807) is 0 Å². The van der Waals surface area contributed by atoms with Crippen LogP contribution in [0.5, 0.6) is 0 Å². The van der Waals surface area contributed by atoms with Crippen LogP contribution in [0.2, 0.25) is 0 Å². The Morgan fingerprint density at radius 3 is 1.75 bits per heavy atom. The minimum absolute atomic E-state index is 0.536. The van der Waals surface area contributed by atoms with Crippen molar-refractivity contribution in [3.63, 3.8) is 0 Å². The smallest absolute Gasteiger partial charge is 0.238 e. The molecular formula is C37H23N7. The molecule has 0 saturated heterocycles. The molecule has 0 aliphatic heterocycles. The fraction of sp³-hybridized carbons (Fsp3) is 0. The second kappa shape index (κ2) is 9.68. The molecule has 0 atom stereocenters. The molecule has 206 valence electrons. The second-order valence-corrected chi connectivity index (χ2v) is 10.6. The third-order valence-electron chi connectivity index (χ3n) is 8.06. The summed E-state index contributed by atoms with van der Waals surface area (Å²) in [4.78, 5) is 25.0. The fourth-order valence-electron chi connectivity index (χ4n) is 6.15. The lowest BCUT2D eigenvalue weighted by molar-refractivity contribution is 0.953. The van der Waals surface area contributed by atoms with Crippen LogP contribution in [0, 0.1) is 0 Å². The molecule has 0 saturated carbocycles. The van der Waals surface area contributed by atoms with Crippen LogP contribution in [-0.4, -0.2) is 34.1 Å². The number of hydrogen-bond acceptors (Lipinski definition) is 5. The van der Waals surface area contributed by atoms with E-state index in [2.05, 4.69) is 57.7 Å². The molecule has 9 rings (SSSR count). The van der Waals surface area contributed by atoms with E-state index in [0.29, 0.717) is 17.6 Å². The molecule has 9 aromatic rings. The molecule has 0 aliphatic carbocycles.